The molecule has 8 nitrogen and oxygen atoms in total. The minimum Gasteiger partial charge on any atom is -0.495 e. The first kappa shape index (κ1) is 20.7. The summed E-state index contributed by atoms with van der Waals surface area (Å²) in [5.41, 5.74) is 6.30. The molecule has 0 bridgehead atoms. The molecule has 0 radical (unpaired) electrons. The number of nitrogens with zero attached hydrogens (tertiary/aromatic N) is 1. The van der Waals surface area contributed by atoms with Crippen LogP contribution in [0.1, 0.15) is 29.6 Å². The first-order valence-corrected chi connectivity index (χ1v) is 7.84. The minimum atomic E-state index is -0.523. The standard InChI is InChI=1S/C16H22N4O4.ClH/c1-24-13-5-4-11(15(22)18-8-3-2-7-17)10-12(13)20-9-6-14(21)19-16(20)23;/h4-5,10H,2-3,6-9,17H2,1H3,(H,18,22)(H,19,21,23);1H. The van der Waals surface area contributed by atoms with Crippen LogP contribution in [0.4, 0.5) is 10.5 Å². The van der Waals surface area contributed by atoms with Crippen molar-refractivity contribution in [3.05, 3.63) is 23.8 Å². The van der Waals surface area contributed by atoms with Gasteiger partial charge in [0.15, 0.2) is 0 Å². The van der Waals surface area contributed by atoms with E-state index in [0.29, 0.717) is 30.1 Å². The molecular formula is C16H23ClN4O4. The number of benzene rings is 1. The second-order valence-electron chi connectivity index (χ2n) is 5.39. The van der Waals surface area contributed by atoms with E-state index in [1.54, 1.807) is 18.2 Å². The van der Waals surface area contributed by atoms with E-state index in [9.17, 15) is 14.4 Å². The van der Waals surface area contributed by atoms with Crippen LogP contribution in [0.15, 0.2) is 18.2 Å². The van der Waals surface area contributed by atoms with Gasteiger partial charge in [-0.2, -0.15) is 0 Å². The number of methoxy groups -OCH3 is 1. The topological polar surface area (TPSA) is 114 Å². The van der Waals surface area contributed by atoms with Crippen LogP contribution in [0.3, 0.4) is 0 Å². The molecule has 1 aliphatic heterocycles. The van der Waals surface area contributed by atoms with Crippen LogP contribution in [-0.4, -0.2) is 44.6 Å². The number of halogens is 1. The number of nitrogens with one attached hydrogen (secondary N) is 2. The molecule has 9 heteroatoms. The Bertz CT molecular complexity index is 639. The van der Waals surface area contributed by atoms with E-state index in [-0.39, 0.29) is 37.2 Å². The number of nitrogens with two attached hydrogens (primary N) is 1. The van der Waals surface area contributed by atoms with Gasteiger partial charge >= 0.3 is 6.03 Å². The van der Waals surface area contributed by atoms with Crippen molar-refractivity contribution >= 4 is 35.9 Å². The molecule has 138 valence electrons. The van der Waals surface area contributed by atoms with Gasteiger partial charge in [0.1, 0.15) is 5.75 Å². The Kier molecular flexibility index (Phi) is 8.17. The van der Waals surface area contributed by atoms with Crippen molar-refractivity contribution in [1.29, 1.82) is 0 Å². The zero-order valence-electron chi connectivity index (χ0n) is 14.0. The van der Waals surface area contributed by atoms with Crippen LogP contribution in [0.5, 0.6) is 5.75 Å². The van der Waals surface area contributed by atoms with Crippen LogP contribution in [0.2, 0.25) is 0 Å². The number of hydrogen-bond acceptors (Lipinski definition) is 5. The van der Waals surface area contributed by atoms with E-state index >= 15 is 0 Å². The highest BCUT2D eigenvalue weighted by Gasteiger charge is 2.27. The summed E-state index contributed by atoms with van der Waals surface area (Å²) < 4.78 is 5.27. The summed E-state index contributed by atoms with van der Waals surface area (Å²) in [6.07, 6.45) is 1.85. The highest BCUT2D eigenvalue weighted by atomic mass is 35.5. The lowest BCUT2D eigenvalue weighted by Gasteiger charge is -2.28. The van der Waals surface area contributed by atoms with Crippen molar-refractivity contribution in [3.8, 4) is 5.75 Å². The van der Waals surface area contributed by atoms with Gasteiger partial charge in [-0.25, -0.2) is 4.79 Å². The Morgan fingerprint density at radius 1 is 1.36 bits per heavy atom. The fraction of sp³-hybridized carbons (Fsp3) is 0.438. The van der Waals surface area contributed by atoms with E-state index < -0.39 is 6.03 Å². The largest absolute Gasteiger partial charge is 0.495 e. The molecule has 4 amide bonds. The average Bonchev–Trinajstić information content (AvgIpc) is 2.58. The summed E-state index contributed by atoms with van der Waals surface area (Å²) in [4.78, 5) is 36.9. The van der Waals surface area contributed by atoms with Gasteiger partial charge in [0.25, 0.3) is 5.91 Å². The van der Waals surface area contributed by atoms with Gasteiger partial charge in [-0.15, -0.1) is 12.4 Å². The van der Waals surface area contributed by atoms with E-state index in [1.807, 2.05) is 0 Å². The summed E-state index contributed by atoms with van der Waals surface area (Å²) >= 11 is 0. The molecule has 0 spiro atoms. The fourth-order valence-corrected chi connectivity index (χ4v) is 2.41. The highest BCUT2D eigenvalue weighted by molar-refractivity contribution is 6.07. The van der Waals surface area contributed by atoms with Crippen LogP contribution >= 0.6 is 12.4 Å². The molecular weight excluding hydrogens is 348 g/mol. The maximum Gasteiger partial charge on any atom is 0.328 e. The zero-order valence-corrected chi connectivity index (χ0v) is 14.9. The van der Waals surface area contributed by atoms with Crippen LogP contribution in [0.25, 0.3) is 0 Å². The molecule has 0 saturated carbocycles. The molecule has 1 aromatic carbocycles. The summed E-state index contributed by atoms with van der Waals surface area (Å²) in [5, 5.41) is 5.07. The summed E-state index contributed by atoms with van der Waals surface area (Å²) in [5.74, 6) is -0.0902. The second-order valence-corrected chi connectivity index (χ2v) is 5.39. The molecule has 1 fully saturated rings. The molecule has 1 aliphatic rings. The van der Waals surface area contributed by atoms with Crippen LogP contribution in [0, 0.1) is 0 Å². The number of anilines is 1. The Hall–Kier alpha value is -2.32. The molecule has 2 rings (SSSR count). The first-order valence-electron chi connectivity index (χ1n) is 7.84. The van der Waals surface area contributed by atoms with E-state index in [1.165, 1.54) is 12.0 Å². The summed E-state index contributed by atoms with van der Waals surface area (Å²) in [6.45, 7) is 1.37. The summed E-state index contributed by atoms with van der Waals surface area (Å²) in [6, 6.07) is 4.33. The third-order valence-corrected chi connectivity index (χ3v) is 3.70. The average molecular weight is 371 g/mol. The van der Waals surface area contributed by atoms with Crippen LogP contribution < -0.4 is 26.0 Å². The highest BCUT2D eigenvalue weighted by Crippen LogP contribution is 2.30. The molecule has 1 aromatic rings. The van der Waals surface area contributed by atoms with Crippen molar-refractivity contribution < 1.29 is 19.1 Å². The number of amides is 4. The molecule has 1 saturated heterocycles. The predicted octanol–water partition coefficient (Wildman–Crippen LogP) is 1.03. The van der Waals surface area contributed by atoms with Gasteiger partial charge in [-0.1, -0.05) is 0 Å². The molecule has 0 aliphatic carbocycles. The van der Waals surface area contributed by atoms with E-state index in [2.05, 4.69) is 10.6 Å². The number of carbonyl (C=O) groups excluding carboxylic acids is 3. The lowest BCUT2D eigenvalue weighted by atomic mass is 10.1. The molecule has 0 aromatic heterocycles. The summed E-state index contributed by atoms with van der Waals surface area (Å²) in [7, 11) is 1.48. The normalized spacial score (nSPS) is 13.8. The van der Waals surface area contributed by atoms with E-state index in [0.717, 1.165) is 12.8 Å². The number of imide groups is 1. The van der Waals surface area contributed by atoms with Gasteiger partial charge in [0.05, 0.1) is 12.8 Å². The Labute approximate surface area is 152 Å². The maximum absolute atomic E-state index is 12.2. The minimum absolute atomic E-state index is 0. The lowest BCUT2D eigenvalue weighted by molar-refractivity contribution is -0.120. The number of unbranched alkanes of at least 4 members (excludes halogenated alkanes) is 1. The van der Waals surface area contributed by atoms with Crippen molar-refractivity contribution in [2.45, 2.75) is 19.3 Å². The van der Waals surface area contributed by atoms with E-state index in [4.69, 9.17) is 10.5 Å². The van der Waals surface area contributed by atoms with Gasteiger partial charge in [0, 0.05) is 25.1 Å². The first-order chi connectivity index (χ1) is 11.6. The quantitative estimate of drug-likeness (QED) is 0.620. The fourth-order valence-electron chi connectivity index (χ4n) is 2.41. The van der Waals surface area contributed by atoms with Crippen molar-refractivity contribution in [1.82, 2.24) is 10.6 Å². The third kappa shape index (κ3) is 5.33. The number of carbonyl (C=O) groups is 3. The molecule has 25 heavy (non-hydrogen) atoms. The van der Waals surface area contributed by atoms with Crippen molar-refractivity contribution in [3.63, 3.8) is 0 Å². The zero-order chi connectivity index (χ0) is 17.5. The molecule has 0 atom stereocenters. The van der Waals surface area contributed by atoms with Crippen molar-refractivity contribution in [2.75, 3.05) is 31.6 Å². The Morgan fingerprint density at radius 2 is 2.12 bits per heavy atom. The molecule has 0 unspecified atom stereocenters. The van der Waals surface area contributed by atoms with Crippen molar-refractivity contribution in [2.24, 2.45) is 5.73 Å². The number of rotatable bonds is 7. The Morgan fingerprint density at radius 3 is 2.76 bits per heavy atom. The Balaban J connectivity index is 0.00000312. The number of hydrogen-bond donors (Lipinski definition) is 3. The predicted molar refractivity (Wildman–Crippen MR) is 96.4 cm³/mol. The van der Waals surface area contributed by atoms with Crippen LogP contribution in [-0.2, 0) is 4.79 Å². The lowest BCUT2D eigenvalue weighted by Crippen LogP contribution is -2.49. The monoisotopic (exact) mass is 370 g/mol. The SMILES string of the molecule is COc1ccc(C(=O)NCCCCN)cc1N1CCC(=O)NC1=O.Cl. The number of ether oxygens (including phenoxy) is 1. The molecule has 1 heterocycles. The maximum atomic E-state index is 12.2. The van der Waals surface area contributed by atoms with Gasteiger partial charge in [-0.3, -0.25) is 19.8 Å². The second kappa shape index (κ2) is 9.85. The van der Waals surface area contributed by atoms with Gasteiger partial charge in [0.2, 0.25) is 5.91 Å². The number of urea groups is 1. The van der Waals surface area contributed by atoms with Gasteiger partial charge < -0.3 is 15.8 Å². The van der Waals surface area contributed by atoms with Gasteiger partial charge in [-0.05, 0) is 37.6 Å². The third-order valence-electron chi connectivity index (χ3n) is 3.70. The molecule has 4 N–H and O–H groups in total. The smallest absolute Gasteiger partial charge is 0.328 e.